The smallest absolute Gasteiger partial charge is 0.504 e. The number of likely N-dealkylation sites (N-methyl/N-ethyl adjacent to an activating group) is 3. The molecule has 39 heteroatoms. The van der Waals surface area contributed by atoms with E-state index in [4.69, 9.17) is 48.4 Å². The Balaban J connectivity index is 0.000000168. The number of aliphatic hydroxyl groups is 4. The normalized spacial score (nSPS) is 27.9. The number of carbonyl (C=O) groups excluding carboxylic acids is 12. The highest BCUT2D eigenvalue weighted by molar-refractivity contribution is 6.02. The monoisotopic (exact) mass is 1900 g/mol. The van der Waals surface area contributed by atoms with Crippen LogP contribution in [0.3, 0.4) is 0 Å². The average molecular weight is 1910 g/mol. The number of amides is 4. The average Bonchev–Trinajstić information content (AvgIpc) is 1.47. The molecule has 136 heavy (non-hydrogen) atoms. The van der Waals surface area contributed by atoms with Crippen molar-refractivity contribution in [1.82, 2.24) is 30.4 Å². The molecule has 7 aliphatic heterocycles. The maximum Gasteiger partial charge on any atom is 0.509 e. The highest BCUT2D eigenvalue weighted by Crippen LogP contribution is 2.69. The number of unbranched alkanes of at least 4 members (excludes halogenated alkanes) is 4. The molecule has 3 aromatic carbocycles. The van der Waals surface area contributed by atoms with Gasteiger partial charge in [-0.1, -0.05) is 65.2 Å². The van der Waals surface area contributed by atoms with Gasteiger partial charge in [-0.15, -0.1) is 5.06 Å². The van der Waals surface area contributed by atoms with Crippen LogP contribution < -0.4 is 30.6 Å². The number of esters is 3. The van der Waals surface area contributed by atoms with E-state index in [1.165, 1.54) is 20.8 Å². The fourth-order valence-electron chi connectivity index (χ4n) is 21.7. The van der Waals surface area contributed by atoms with Crippen LogP contribution in [-0.4, -0.2) is 280 Å². The third-order valence-corrected chi connectivity index (χ3v) is 28.3. The van der Waals surface area contributed by atoms with Gasteiger partial charge in [0.05, 0.1) is 64.4 Å². The highest BCUT2D eigenvalue weighted by atomic mass is 16.8. The van der Waals surface area contributed by atoms with Gasteiger partial charge in [0.25, 0.3) is 17.7 Å². The molecule has 12 N–H and O–H groups in total. The van der Waals surface area contributed by atoms with Gasteiger partial charge >= 0.3 is 42.2 Å². The van der Waals surface area contributed by atoms with Crippen LogP contribution in [0, 0.1) is 0 Å². The fourth-order valence-corrected chi connectivity index (χ4v) is 21.7. The quantitative estimate of drug-likeness (QED) is 0.0154. The number of hydrogen-bond donors (Lipinski definition) is 11. The number of nitrogens with one attached hydrogen (secondary N) is 2. The Morgan fingerprint density at radius 3 is 1.21 bits per heavy atom. The Kier molecular flexibility index (Phi) is 30.5. The van der Waals surface area contributed by atoms with Crippen LogP contribution in [0.1, 0.15) is 239 Å². The first-order valence-electron chi connectivity index (χ1n) is 46.2. The molecule has 16 rings (SSSR count). The number of phenols is 3. The lowest BCUT2D eigenvalue weighted by molar-refractivity contribution is -0.203. The summed E-state index contributed by atoms with van der Waals surface area (Å²) in [6, 6.07) is 6.14. The number of carboxylic acids is 1. The maximum atomic E-state index is 13.5. The lowest BCUT2D eigenvalue weighted by Crippen LogP contribution is -2.74. The maximum absolute atomic E-state index is 13.5. The second-order valence-electron chi connectivity index (χ2n) is 39.4. The van der Waals surface area contributed by atoms with E-state index in [1.54, 1.807) is 78.0 Å². The molecule has 3 spiro atoms. The van der Waals surface area contributed by atoms with Gasteiger partial charge in [-0.05, 0) is 208 Å². The molecule has 4 saturated heterocycles. The molecule has 0 radical (unpaired) electrons. The van der Waals surface area contributed by atoms with E-state index in [9.17, 15) is 103 Å². The molecule has 18 atom stereocenters. The number of Topliss-reactive ketones (excluding diaryl/α,β-unsaturated/α-hetero) is 2. The molecule has 3 aromatic rings. The van der Waals surface area contributed by atoms with E-state index in [-0.39, 0.29) is 110 Å². The lowest BCUT2D eigenvalue weighted by atomic mass is 9.50. The van der Waals surface area contributed by atoms with Gasteiger partial charge in [-0.3, -0.25) is 43.2 Å². The van der Waals surface area contributed by atoms with Crippen molar-refractivity contribution in [3.63, 3.8) is 0 Å². The zero-order chi connectivity index (χ0) is 98.6. The summed E-state index contributed by atoms with van der Waals surface area (Å²) in [5, 5.41) is 92.1. The molecule has 4 fully saturated rings. The van der Waals surface area contributed by atoms with Gasteiger partial charge in [0.1, 0.15) is 46.4 Å². The van der Waals surface area contributed by atoms with Crippen molar-refractivity contribution in [3.8, 4) is 34.5 Å². The Morgan fingerprint density at radius 2 is 0.853 bits per heavy atom. The van der Waals surface area contributed by atoms with Crippen LogP contribution in [0.25, 0.3) is 0 Å². The van der Waals surface area contributed by atoms with Crippen molar-refractivity contribution in [2.75, 3.05) is 40.8 Å². The van der Waals surface area contributed by atoms with E-state index in [2.05, 4.69) is 41.8 Å². The molecular weight excluding hydrogens is 1780 g/mol. The van der Waals surface area contributed by atoms with E-state index in [1.807, 2.05) is 46.3 Å². The molecule has 39 nitrogen and oxygen atoms in total. The van der Waals surface area contributed by atoms with Crippen molar-refractivity contribution in [1.29, 1.82) is 0 Å². The number of aliphatic carboxylic acids is 1. The molecule has 6 aliphatic carbocycles. The number of aliphatic hydroxyl groups excluding tert-OH is 1. The third-order valence-electron chi connectivity index (χ3n) is 28.3. The molecule has 0 aromatic heterocycles. The van der Waals surface area contributed by atoms with E-state index >= 15 is 0 Å². The Morgan fingerprint density at radius 1 is 0.507 bits per heavy atom. The highest BCUT2D eigenvalue weighted by Gasteiger charge is 2.76. The zero-order valence-corrected chi connectivity index (χ0v) is 78.5. The summed E-state index contributed by atoms with van der Waals surface area (Å²) in [4.78, 5) is 169. The first kappa shape index (κ1) is 104. The van der Waals surface area contributed by atoms with Gasteiger partial charge in [0, 0.05) is 79.8 Å². The fraction of sp³-hybridized carbons (Fsp3) is 0.619. The molecule has 4 amide bonds. The minimum absolute atomic E-state index is 0. The first-order chi connectivity index (χ1) is 63.4. The van der Waals surface area contributed by atoms with Gasteiger partial charge < -0.3 is 124 Å². The number of ketones is 2. The summed E-state index contributed by atoms with van der Waals surface area (Å²) in [6.45, 7) is 19.8. The van der Waals surface area contributed by atoms with Gasteiger partial charge in [0.2, 0.25) is 12.0 Å². The molecule has 0 unspecified atom stereocenters. The first-order valence-corrected chi connectivity index (χ1v) is 46.2. The number of aromatic hydroxyl groups is 3. The molecule has 13 aliphatic rings. The predicted octanol–water partition coefficient (Wildman–Crippen LogP) is 6.78. The van der Waals surface area contributed by atoms with Gasteiger partial charge in [0.15, 0.2) is 64.7 Å². The number of nitrogens with zero attached hydrogens (tertiary/aromatic N) is 4. The largest absolute Gasteiger partial charge is 0.509 e. The minimum atomic E-state index is -1.59. The predicted molar refractivity (Wildman–Crippen MR) is 479 cm³/mol. The van der Waals surface area contributed by atoms with Crippen LogP contribution in [-0.2, 0) is 126 Å². The number of likely N-dealkylation sites (tertiary alicyclic amines) is 3. The van der Waals surface area contributed by atoms with Gasteiger partial charge in [-0.25, -0.2) is 19.2 Å². The van der Waals surface area contributed by atoms with Crippen molar-refractivity contribution < 1.29 is 155 Å². The molecule has 7 heterocycles. The second kappa shape index (κ2) is 40.0. The van der Waals surface area contributed by atoms with Crippen molar-refractivity contribution in [3.05, 3.63) is 105 Å². The Bertz CT molecular complexity index is 5290. The second-order valence-corrected chi connectivity index (χ2v) is 39.4. The third kappa shape index (κ3) is 19.4. The van der Waals surface area contributed by atoms with Crippen molar-refractivity contribution in [2.45, 2.75) is 342 Å². The number of hydroxylamine groups is 2. The number of nitrogens with two attached hydrogens (primary N) is 1. The summed E-state index contributed by atoms with van der Waals surface area (Å²) in [7, 11) is 5.96. The van der Waals surface area contributed by atoms with Crippen molar-refractivity contribution >= 4 is 77.4 Å². The zero-order valence-electron chi connectivity index (χ0n) is 78.5. The standard InChI is InChI=1S/C34H46N2O10.C26H34N2O6.C24H28N2O9.C12H17NO7.CH4/c1-7-8-9-10-22(37)21(35-30(40)19(2)43-31(41)46-32(3,4)5)18-26(39)44-24-13-14-34(42)25-17-20-11-12-23(38)28-27(20)33(34,29(24)45-28)15-16-36(25)6;1-3-4-5-6-17(29)16(27)14-21(31)33-19-9-10-26(32)20-13-15-7-8-18(30)23-22(15)25(26,24(19)34-23)11-12-28(20)2;1-11(27)21(30)25-13(22(31)32)10-17(29)34-15-5-6-24(33)16-9-12-3-4-14(28)19-18(12)23(24,20(15)35-19)7-8-26(16)2;1-7(18-11(17)19-12(2,3)4)10(16)20-13-8(14)5-6-9(13)15;/h11-13,19,21,25,29,38,42H,7-10,14-18H2,1-6H3,(H,35,40);7-9,16,20,24,30,32H,3-6,10-14,27H2,1-2H3;3-5,11,13,16,20,27-28,33H,6-10H2,1-2H3,(H,25,30)(H,31,32);7H,5-6H2,1-4H3;1H4/t19-,21-,25+,29-,33-,34+;16-,20+,24-,25-,26+;11-,13-,16+,20-,23-,24+;7-;/m0000./s1. The number of benzene rings is 3. The molecule has 6 bridgehead atoms. The van der Waals surface area contributed by atoms with Crippen LogP contribution in [0.4, 0.5) is 9.59 Å². The number of phenolic OH excluding ortho intramolecular Hbond substituents is 3. The van der Waals surface area contributed by atoms with E-state index < -0.39 is 178 Å². The van der Waals surface area contributed by atoms with E-state index in [0.29, 0.717) is 93.2 Å². The number of carboxylic acid groups (broad SMARTS) is 1. The summed E-state index contributed by atoms with van der Waals surface area (Å²) in [6.07, 6.45) is 4.66. The molecule has 744 valence electrons. The summed E-state index contributed by atoms with van der Waals surface area (Å²) >= 11 is 0. The Hall–Kier alpha value is -11.3. The van der Waals surface area contributed by atoms with Crippen LogP contribution in [0.5, 0.6) is 34.5 Å². The number of piperidine rings is 3. The topological polar surface area (TPSA) is 548 Å². The summed E-state index contributed by atoms with van der Waals surface area (Å²) in [5.74, 6) is -6.63. The van der Waals surface area contributed by atoms with Crippen molar-refractivity contribution in [2.24, 2.45) is 5.73 Å². The molecular formula is C97H129N7O32. The Labute approximate surface area is 787 Å². The lowest BCUT2D eigenvalue weighted by Gasteiger charge is -2.61. The van der Waals surface area contributed by atoms with Crippen LogP contribution in [0.2, 0.25) is 0 Å². The SMILES string of the molecule is C.CCCCCC(=O)[C@@H](N)CC(=O)OC1=CC[C@@]2(O)[C@H]3Cc4ccc(O)c5c4[C@@]2(CCN3C)[C@H]1O5.CCCCCC(=O)[C@H](CC(=O)OC1=CC[C@@]2(O)[C@H]3Cc4ccc(O)c5c4[C@@]2(CCN3C)[C@H]1O5)NC(=O)[C@H](C)OC(=O)OC(C)(C)C.C[C@H](O)C(=O)N[C@@H](CC(=O)OC1=CC[C@@]2(O)[C@H]3Cc4ccc(O)c5c4[C@@]2(CCN3C)[C@H]1O5)C(=O)O.C[C@H](OC(=O)OC(C)(C)C)C(=O)ON1C(=O)CCC1=O. The minimum Gasteiger partial charge on any atom is -0.504 e. The number of hydrogen-bond acceptors (Lipinski definition) is 35. The number of carbonyl (C=O) groups is 13. The number of imide groups is 1. The van der Waals surface area contributed by atoms with E-state index in [0.717, 1.165) is 72.0 Å². The summed E-state index contributed by atoms with van der Waals surface area (Å²) < 4.78 is 55.8. The molecule has 0 saturated carbocycles. The van der Waals surface area contributed by atoms with Crippen LogP contribution >= 0.6 is 0 Å². The summed E-state index contributed by atoms with van der Waals surface area (Å²) in [5.41, 5.74) is 3.49. The van der Waals surface area contributed by atoms with Gasteiger partial charge in [-0.2, -0.15) is 0 Å². The van der Waals surface area contributed by atoms with Crippen LogP contribution in [0.15, 0.2) is 71.9 Å². The number of rotatable bonds is 28. The number of ether oxygens (including phenoxy) is 10.